The number of benzene rings is 1. The molecular weight excluding hydrogens is 584 g/mol. The molecule has 12 atom stereocenters. The van der Waals surface area contributed by atoms with E-state index in [1.165, 1.54) is 7.11 Å². The minimum absolute atomic E-state index is 0.0212. The number of amides is 1. The van der Waals surface area contributed by atoms with E-state index in [9.17, 15) is 24.6 Å². The number of carbonyl (C=O) groups excluding carboxylic acids is 3. The Hall–Kier alpha value is -2.49. The molecule has 0 bridgehead atoms. The number of rotatable bonds is 11. The van der Waals surface area contributed by atoms with Gasteiger partial charge in [-0.1, -0.05) is 51.1 Å². The van der Waals surface area contributed by atoms with Crippen molar-refractivity contribution in [2.75, 3.05) is 7.11 Å². The fraction of sp³-hybridized carbons (Fsp3) is 0.757. The number of methoxy groups -OCH3 is 1. The lowest BCUT2D eigenvalue weighted by atomic mass is 9.43. The van der Waals surface area contributed by atoms with Crippen molar-refractivity contribution in [2.45, 2.75) is 122 Å². The summed E-state index contributed by atoms with van der Waals surface area (Å²) in [7, 11) is 1.43. The summed E-state index contributed by atoms with van der Waals surface area (Å²) in [5.41, 5.74) is 6.80. The number of aliphatic hydroxyl groups excluding tert-OH is 2. The molecule has 0 aliphatic heterocycles. The molecule has 9 nitrogen and oxygen atoms in total. The molecular formula is C37H56N2O7. The molecule has 0 unspecified atom stereocenters. The Morgan fingerprint density at radius 3 is 2.41 bits per heavy atom. The van der Waals surface area contributed by atoms with Crippen LogP contribution in [0.2, 0.25) is 0 Å². The van der Waals surface area contributed by atoms with E-state index in [1.54, 1.807) is 0 Å². The largest absolute Gasteiger partial charge is 0.469 e. The van der Waals surface area contributed by atoms with Gasteiger partial charge in [0.15, 0.2) is 0 Å². The molecule has 0 heterocycles. The molecule has 4 saturated carbocycles. The Morgan fingerprint density at radius 2 is 1.70 bits per heavy atom. The third kappa shape index (κ3) is 6.88. The van der Waals surface area contributed by atoms with Crippen molar-refractivity contribution in [2.24, 2.45) is 52.1 Å². The van der Waals surface area contributed by atoms with Crippen molar-refractivity contribution in [3.05, 3.63) is 35.9 Å². The van der Waals surface area contributed by atoms with Gasteiger partial charge in [0, 0.05) is 18.9 Å². The quantitative estimate of drug-likeness (QED) is 0.258. The number of fused-ring (bicyclic) bond motifs is 5. The van der Waals surface area contributed by atoms with Crippen LogP contribution in [0.5, 0.6) is 0 Å². The van der Waals surface area contributed by atoms with E-state index in [2.05, 4.69) is 26.1 Å². The second kappa shape index (κ2) is 14.3. The first kappa shape index (κ1) is 34.8. The van der Waals surface area contributed by atoms with Crippen LogP contribution in [0.25, 0.3) is 0 Å². The van der Waals surface area contributed by atoms with Gasteiger partial charge in [0.1, 0.15) is 6.61 Å². The summed E-state index contributed by atoms with van der Waals surface area (Å²) in [5.74, 6) is 0.626. The molecule has 1 amide bonds. The van der Waals surface area contributed by atoms with Crippen LogP contribution in [-0.2, 0) is 30.5 Å². The first-order valence-corrected chi connectivity index (χ1v) is 17.6. The lowest BCUT2D eigenvalue weighted by molar-refractivity contribution is -0.202. The maximum atomic E-state index is 13.0. The third-order valence-electron chi connectivity index (χ3n) is 13.2. The van der Waals surface area contributed by atoms with E-state index in [4.69, 9.17) is 15.2 Å². The van der Waals surface area contributed by atoms with Gasteiger partial charge in [-0.2, -0.15) is 0 Å². The Balaban J connectivity index is 1.15. The Labute approximate surface area is 274 Å². The fourth-order valence-corrected chi connectivity index (χ4v) is 10.5. The van der Waals surface area contributed by atoms with Crippen LogP contribution in [0.1, 0.15) is 97.0 Å². The molecule has 5 rings (SSSR count). The van der Waals surface area contributed by atoms with Crippen LogP contribution in [0.4, 0.5) is 0 Å². The Kier molecular flexibility index (Phi) is 10.8. The highest BCUT2D eigenvalue weighted by Crippen LogP contribution is 2.68. The van der Waals surface area contributed by atoms with Gasteiger partial charge in [-0.3, -0.25) is 14.4 Å². The topological polar surface area (TPSA) is 148 Å². The average molecular weight is 641 g/mol. The van der Waals surface area contributed by atoms with E-state index < -0.39 is 18.2 Å². The van der Waals surface area contributed by atoms with Crippen LogP contribution < -0.4 is 11.1 Å². The predicted octanol–water partition coefficient (Wildman–Crippen LogP) is 4.51. The molecule has 0 saturated heterocycles. The van der Waals surface area contributed by atoms with Crippen molar-refractivity contribution >= 4 is 17.8 Å². The summed E-state index contributed by atoms with van der Waals surface area (Å²) < 4.78 is 10.2. The molecule has 4 aliphatic carbocycles. The number of hydrogen-bond acceptors (Lipinski definition) is 8. The summed E-state index contributed by atoms with van der Waals surface area (Å²) in [4.78, 5) is 37.1. The number of carbonyl (C=O) groups is 3. The van der Waals surface area contributed by atoms with Crippen LogP contribution >= 0.6 is 0 Å². The van der Waals surface area contributed by atoms with E-state index >= 15 is 0 Å². The first-order valence-electron chi connectivity index (χ1n) is 17.6. The van der Waals surface area contributed by atoms with Gasteiger partial charge in [0.2, 0.25) is 5.91 Å². The minimum atomic E-state index is -0.796. The van der Waals surface area contributed by atoms with Crippen molar-refractivity contribution in [1.82, 2.24) is 5.32 Å². The second-order valence-corrected chi connectivity index (χ2v) is 15.5. The average Bonchev–Trinajstić information content (AvgIpc) is 3.41. The van der Waals surface area contributed by atoms with E-state index in [1.807, 2.05) is 30.3 Å². The molecule has 0 aromatic heterocycles. The van der Waals surface area contributed by atoms with Gasteiger partial charge >= 0.3 is 11.9 Å². The van der Waals surface area contributed by atoms with E-state index in [0.29, 0.717) is 25.2 Å². The number of nitrogens with one attached hydrogen (secondary N) is 1. The van der Waals surface area contributed by atoms with Gasteiger partial charge < -0.3 is 30.7 Å². The van der Waals surface area contributed by atoms with Gasteiger partial charge in [-0.05, 0) is 110 Å². The summed E-state index contributed by atoms with van der Waals surface area (Å²) in [6, 6.07) is 8.64. The zero-order chi connectivity index (χ0) is 33.2. The highest BCUT2D eigenvalue weighted by molar-refractivity contribution is 5.82. The Morgan fingerprint density at radius 1 is 0.978 bits per heavy atom. The predicted molar refractivity (Wildman–Crippen MR) is 174 cm³/mol. The molecule has 4 fully saturated rings. The van der Waals surface area contributed by atoms with Crippen LogP contribution in [0, 0.1) is 46.3 Å². The number of ether oxygens (including phenoxy) is 2. The first-order chi connectivity index (χ1) is 21.9. The highest BCUT2D eigenvalue weighted by atomic mass is 16.5. The number of aliphatic hydroxyl groups is 2. The van der Waals surface area contributed by atoms with Gasteiger partial charge in [0.25, 0.3) is 0 Å². The van der Waals surface area contributed by atoms with Crippen molar-refractivity contribution in [3.8, 4) is 0 Å². The summed E-state index contributed by atoms with van der Waals surface area (Å²) in [6.45, 7) is 7.00. The number of nitrogens with two attached hydrogens (primary N) is 1. The molecule has 4 aliphatic rings. The molecule has 1 aromatic rings. The van der Waals surface area contributed by atoms with Crippen molar-refractivity contribution in [3.63, 3.8) is 0 Å². The Bertz CT molecular complexity index is 1230. The zero-order valence-corrected chi connectivity index (χ0v) is 28.2. The van der Waals surface area contributed by atoms with E-state index in [-0.39, 0.29) is 83.8 Å². The number of hydrogen-bond donors (Lipinski definition) is 4. The molecule has 5 N–H and O–H groups in total. The van der Waals surface area contributed by atoms with Gasteiger partial charge in [-0.15, -0.1) is 0 Å². The maximum absolute atomic E-state index is 13.0. The summed E-state index contributed by atoms with van der Waals surface area (Å²) in [5, 5.41) is 26.7. The lowest BCUT2D eigenvalue weighted by Crippen LogP contribution is -2.63. The van der Waals surface area contributed by atoms with Crippen molar-refractivity contribution in [1.29, 1.82) is 0 Å². The smallest absolute Gasteiger partial charge is 0.306 e. The van der Waals surface area contributed by atoms with Crippen molar-refractivity contribution < 1.29 is 34.1 Å². The summed E-state index contributed by atoms with van der Waals surface area (Å²) in [6.07, 6.45) is 6.46. The minimum Gasteiger partial charge on any atom is -0.469 e. The molecule has 256 valence electrons. The van der Waals surface area contributed by atoms with E-state index in [0.717, 1.165) is 44.1 Å². The normalized spacial score (nSPS) is 38.0. The monoisotopic (exact) mass is 640 g/mol. The highest BCUT2D eigenvalue weighted by Gasteiger charge is 2.65. The van der Waals surface area contributed by atoms with Crippen LogP contribution in [0.3, 0.4) is 0 Å². The fourth-order valence-electron chi connectivity index (χ4n) is 10.5. The lowest BCUT2D eigenvalue weighted by Gasteiger charge is -2.63. The SMILES string of the molecule is COC(=O)CC[C@@H](C)[C@H]1CC[C@H]2[C@@H]3[C@H](O)C[C@@H]4C[C@@H](NC(=O)[C@@H](N)CCC(=O)OCc5ccccc5)CC[C@]4(C)[C@H]3C[C@H](O)[C@]12C. The van der Waals surface area contributed by atoms with Crippen LogP contribution in [-0.4, -0.2) is 59.5 Å². The molecule has 46 heavy (non-hydrogen) atoms. The molecule has 0 radical (unpaired) electrons. The third-order valence-corrected chi connectivity index (χ3v) is 13.2. The standard InChI is InChI=1S/C37H56N2O7/c1-22(10-14-32(42)45-4)26-11-12-27-34-28(20-31(41)37(26,27)3)36(2)17-16-25(18-24(36)19-30(34)40)39-35(44)29(38)13-15-33(43)46-21-23-8-6-5-7-9-23/h5-9,22,24-31,34,40-41H,10-21,38H2,1-4H3,(H,39,44)/t22-,24+,25+,26-,27+,28+,29+,30-,31+,34+,36+,37-/m1/s1. The zero-order valence-electron chi connectivity index (χ0n) is 28.2. The van der Waals surface area contributed by atoms with Gasteiger partial charge in [-0.25, -0.2) is 0 Å². The summed E-state index contributed by atoms with van der Waals surface area (Å²) >= 11 is 0. The second-order valence-electron chi connectivity index (χ2n) is 15.5. The molecule has 0 spiro atoms. The molecule has 9 heteroatoms. The molecule has 1 aromatic carbocycles. The maximum Gasteiger partial charge on any atom is 0.306 e. The number of esters is 2. The van der Waals surface area contributed by atoms with Gasteiger partial charge in [0.05, 0.1) is 25.4 Å². The van der Waals surface area contributed by atoms with Crippen LogP contribution in [0.15, 0.2) is 30.3 Å².